The minimum atomic E-state index is -0.650. The molecule has 4 nitrogen and oxygen atoms in total. The average Bonchev–Trinajstić information content (AvgIpc) is 2.94. The zero-order valence-corrected chi connectivity index (χ0v) is 15.6. The van der Waals surface area contributed by atoms with Crippen LogP contribution >= 0.6 is 0 Å². The van der Waals surface area contributed by atoms with Crippen molar-refractivity contribution in [1.29, 1.82) is 0 Å². The Morgan fingerprint density at radius 3 is 2.70 bits per heavy atom. The number of aliphatic hydroxyl groups excluding tert-OH is 1. The van der Waals surface area contributed by atoms with Crippen LogP contribution in [-0.2, 0) is 20.7 Å². The van der Waals surface area contributed by atoms with E-state index in [0.29, 0.717) is 19.3 Å². The van der Waals surface area contributed by atoms with Crippen molar-refractivity contribution >= 4 is 11.8 Å². The maximum absolute atomic E-state index is 12.2. The first-order chi connectivity index (χ1) is 13.1. The number of rotatable bonds is 3. The predicted octanol–water partition coefficient (Wildman–Crippen LogP) is 3.78. The summed E-state index contributed by atoms with van der Waals surface area (Å²) in [6.45, 7) is 0. The second kappa shape index (κ2) is 9.65. The lowest BCUT2D eigenvalue weighted by molar-refractivity contribution is -0.147. The van der Waals surface area contributed by atoms with Crippen molar-refractivity contribution in [2.75, 3.05) is 0 Å². The van der Waals surface area contributed by atoms with E-state index in [-0.39, 0.29) is 36.1 Å². The summed E-state index contributed by atoms with van der Waals surface area (Å²) in [7, 11) is 0. The lowest BCUT2D eigenvalue weighted by Crippen LogP contribution is -2.20. The first kappa shape index (κ1) is 19.6. The Bertz CT molecular complexity index is 692. The van der Waals surface area contributed by atoms with Gasteiger partial charge in [0.05, 0.1) is 6.10 Å². The SMILES string of the molecule is O=C1CCCC=CCC2C(=O)CC(O)C2C=CC(CCc2ccccc2)O1. The number of Topliss-reactive ketones (excluding diaryl/α,β-unsaturated/α-hetero) is 1. The van der Waals surface area contributed by atoms with Gasteiger partial charge in [-0.1, -0.05) is 48.6 Å². The molecule has 1 aliphatic carbocycles. The third-order valence-electron chi connectivity index (χ3n) is 5.43. The van der Waals surface area contributed by atoms with Crippen LogP contribution in [-0.4, -0.2) is 29.1 Å². The Morgan fingerprint density at radius 1 is 1.07 bits per heavy atom. The first-order valence-corrected chi connectivity index (χ1v) is 9.91. The molecule has 0 saturated heterocycles. The summed E-state index contributed by atoms with van der Waals surface area (Å²) in [5.41, 5.74) is 1.20. The third-order valence-corrected chi connectivity index (χ3v) is 5.43. The molecule has 1 heterocycles. The zero-order valence-electron chi connectivity index (χ0n) is 15.6. The Labute approximate surface area is 160 Å². The van der Waals surface area contributed by atoms with E-state index < -0.39 is 6.10 Å². The fourth-order valence-corrected chi connectivity index (χ4v) is 3.88. The molecule has 144 valence electrons. The van der Waals surface area contributed by atoms with E-state index in [0.717, 1.165) is 19.3 Å². The average molecular weight is 368 g/mol. The molecular formula is C23H28O4. The molecule has 27 heavy (non-hydrogen) atoms. The van der Waals surface area contributed by atoms with Crippen LogP contribution in [0.2, 0.25) is 0 Å². The highest BCUT2D eigenvalue weighted by Gasteiger charge is 2.39. The number of aryl methyl sites for hydroxylation is 1. The molecule has 1 aromatic carbocycles. The van der Waals surface area contributed by atoms with Crippen LogP contribution in [0.25, 0.3) is 0 Å². The molecule has 1 aromatic rings. The van der Waals surface area contributed by atoms with Crippen LogP contribution in [0.4, 0.5) is 0 Å². The Kier molecular flexibility index (Phi) is 6.99. The molecule has 0 bridgehead atoms. The summed E-state index contributed by atoms with van der Waals surface area (Å²) >= 11 is 0. The largest absolute Gasteiger partial charge is 0.458 e. The molecule has 1 fully saturated rings. The summed E-state index contributed by atoms with van der Waals surface area (Å²) in [4.78, 5) is 24.4. The molecule has 0 spiro atoms. The van der Waals surface area contributed by atoms with Crippen LogP contribution in [0.3, 0.4) is 0 Å². The summed E-state index contributed by atoms with van der Waals surface area (Å²) in [5, 5.41) is 10.3. The number of benzene rings is 1. The number of cyclic esters (lactones) is 1. The van der Waals surface area contributed by atoms with Crippen molar-refractivity contribution < 1.29 is 19.4 Å². The van der Waals surface area contributed by atoms with Crippen molar-refractivity contribution in [1.82, 2.24) is 0 Å². The molecule has 0 radical (unpaired) electrons. The van der Waals surface area contributed by atoms with Gasteiger partial charge in [-0.05, 0) is 43.7 Å². The highest BCUT2D eigenvalue weighted by Crippen LogP contribution is 2.33. The van der Waals surface area contributed by atoms with Crippen LogP contribution in [0.5, 0.6) is 0 Å². The highest BCUT2D eigenvalue weighted by atomic mass is 16.5. The lowest BCUT2D eigenvalue weighted by Gasteiger charge is -2.18. The number of carbonyl (C=O) groups excluding carboxylic acids is 2. The molecule has 0 amide bonds. The van der Waals surface area contributed by atoms with Crippen LogP contribution in [0, 0.1) is 11.8 Å². The van der Waals surface area contributed by atoms with Crippen LogP contribution in [0.1, 0.15) is 44.1 Å². The minimum Gasteiger partial charge on any atom is -0.458 e. The number of hydrogen-bond acceptors (Lipinski definition) is 4. The summed E-state index contributed by atoms with van der Waals surface area (Å²) in [5.74, 6) is -0.459. The zero-order chi connectivity index (χ0) is 19.1. The van der Waals surface area contributed by atoms with Gasteiger partial charge in [0.25, 0.3) is 0 Å². The van der Waals surface area contributed by atoms with Crippen molar-refractivity contribution in [3.05, 3.63) is 60.2 Å². The molecule has 2 aliphatic rings. The van der Waals surface area contributed by atoms with Crippen molar-refractivity contribution in [3.8, 4) is 0 Å². The van der Waals surface area contributed by atoms with E-state index in [2.05, 4.69) is 12.1 Å². The van der Waals surface area contributed by atoms with Gasteiger partial charge in [-0.3, -0.25) is 9.59 Å². The van der Waals surface area contributed by atoms with Crippen LogP contribution < -0.4 is 0 Å². The molecule has 1 saturated carbocycles. The lowest BCUT2D eigenvalue weighted by atomic mass is 9.90. The van der Waals surface area contributed by atoms with Gasteiger partial charge in [0.1, 0.15) is 11.9 Å². The Hall–Kier alpha value is -2.20. The molecular weight excluding hydrogens is 340 g/mol. The summed E-state index contributed by atoms with van der Waals surface area (Å²) in [6, 6.07) is 10.1. The molecule has 4 atom stereocenters. The molecule has 1 aliphatic heterocycles. The number of ether oxygens (including phenoxy) is 1. The van der Waals surface area contributed by atoms with Crippen molar-refractivity contribution in [2.45, 2.75) is 57.2 Å². The third kappa shape index (κ3) is 5.64. The number of ketones is 1. The number of hydrogen-bond donors (Lipinski definition) is 1. The van der Waals surface area contributed by atoms with E-state index in [1.165, 1.54) is 5.56 Å². The van der Waals surface area contributed by atoms with Gasteiger partial charge in [0, 0.05) is 24.7 Å². The van der Waals surface area contributed by atoms with Gasteiger partial charge in [0.15, 0.2) is 0 Å². The van der Waals surface area contributed by atoms with Crippen molar-refractivity contribution in [2.24, 2.45) is 11.8 Å². The predicted molar refractivity (Wildman–Crippen MR) is 104 cm³/mol. The van der Waals surface area contributed by atoms with Gasteiger partial charge < -0.3 is 9.84 Å². The quantitative estimate of drug-likeness (QED) is 0.651. The number of carbonyl (C=O) groups is 2. The van der Waals surface area contributed by atoms with Crippen molar-refractivity contribution in [3.63, 3.8) is 0 Å². The fraction of sp³-hybridized carbons (Fsp3) is 0.478. The molecule has 4 heteroatoms. The van der Waals surface area contributed by atoms with E-state index in [1.54, 1.807) is 0 Å². The number of aliphatic hydroxyl groups is 1. The normalized spacial score (nSPS) is 29.4. The standard InChI is InChI=1S/C23H28O4/c24-21-16-22(25)20-15-14-18(13-12-17-8-4-3-5-9-17)27-23(26)11-7-2-1-6-10-19(20)21/h1,3-6,8-9,14-15,18-20,22,25H,2,7,10-13,16H2. The molecule has 4 unspecified atom stereocenters. The van der Waals surface area contributed by atoms with E-state index in [1.807, 2.05) is 42.5 Å². The van der Waals surface area contributed by atoms with Gasteiger partial charge in [-0.25, -0.2) is 0 Å². The first-order valence-electron chi connectivity index (χ1n) is 9.91. The van der Waals surface area contributed by atoms with E-state index >= 15 is 0 Å². The maximum atomic E-state index is 12.2. The van der Waals surface area contributed by atoms with Gasteiger partial charge in [-0.15, -0.1) is 0 Å². The van der Waals surface area contributed by atoms with Gasteiger partial charge in [0.2, 0.25) is 0 Å². The Morgan fingerprint density at radius 2 is 1.89 bits per heavy atom. The highest BCUT2D eigenvalue weighted by molar-refractivity contribution is 5.84. The molecule has 1 N–H and O–H groups in total. The Balaban J connectivity index is 1.74. The maximum Gasteiger partial charge on any atom is 0.306 e. The number of esters is 1. The van der Waals surface area contributed by atoms with Gasteiger partial charge in [-0.2, -0.15) is 0 Å². The summed E-state index contributed by atoms with van der Waals surface area (Å²) < 4.78 is 5.68. The topological polar surface area (TPSA) is 63.6 Å². The molecule has 3 rings (SSSR count). The smallest absolute Gasteiger partial charge is 0.306 e. The van der Waals surface area contributed by atoms with Gasteiger partial charge >= 0.3 is 5.97 Å². The number of allylic oxidation sites excluding steroid dienone is 2. The van der Waals surface area contributed by atoms with Crippen LogP contribution in [0.15, 0.2) is 54.6 Å². The number of fused-ring (bicyclic) bond motifs is 1. The second-order valence-corrected chi connectivity index (χ2v) is 7.46. The van der Waals surface area contributed by atoms with E-state index in [9.17, 15) is 14.7 Å². The minimum absolute atomic E-state index is 0.120. The summed E-state index contributed by atoms with van der Waals surface area (Å²) in [6.07, 6.45) is 11.1. The monoisotopic (exact) mass is 368 g/mol. The second-order valence-electron chi connectivity index (χ2n) is 7.46. The fourth-order valence-electron chi connectivity index (χ4n) is 3.88. The van der Waals surface area contributed by atoms with E-state index in [4.69, 9.17) is 4.74 Å². The molecule has 0 aromatic heterocycles.